The van der Waals surface area contributed by atoms with Gasteiger partial charge >= 0.3 is 0 Å². The minimum absolute atomic E-state index is 0.0661. The number of nitrogens with zero attached hydrogens (tertiary/aromatic N) is 2. The SMILES string of the molecule is CCN(CC)S(=O)(=O)c1ccc(F)c(C(=O)N2CCC(c3c[nH]c4ccc(OC)cc34)CC2)c1. The third-order valence-electron chi connectivity index (χ3n) is 6.65. The number of carbonyl (C=O) groups excluding carboxylic acids is 1. The number of amides is 1. The van der Waals surface area contributed by atoms with Crippen molar-refractivity contribution in [2.75, 3.05) is 33.3 Å². The Morgan fingerprint density at radius 1 is 1.15 bits per heavy atom. The number of likely N-dealkylation sites (tertiary alicyclic amines) is 1. The summed E-state index contributed by atoms with van der Waals surface area (Å²) in [6.45, 7) is 5.01. The van der Waals surface area contributed by atoms with E-state index in [-0.39, 0.29) is 16.4 Å². The van der Waals surface area contributed by atoms with Crippen molar-refractivity contribution in [3.8, 4) is 5.75 Å². The molecule has 1 fully saturated rings. The molecule has 1 aromatic heterocycles. The summed E-state index contributed by atoms with van der Waals surface area (Å²) in [7, 11) is -2.15. The third-order valence-corrected chi connectivity index (χ3v) is 8.70. The molecule has 1 aliphatic rings. The van der Waals surface area contributed by atoms with Crippen molar-refractivity contribution < 1.29 is 22.3 Å². The van der Waals surface area contributed by atoms with Gasteiger partial charge in [-0.15, -0.1) is 0 Å². The van der Waals surface area contributed by atoms with Crippen LogP contribution in [-0.4, -0.2) is 61.8 Å². The van der Waals surface area contributed by atoms with E-state index in [1.54, 1.807) is 25.9 Å². The molecule has 2 heterocycles. The smallest absolute Gasteiger partial charge is 0.256 e. The second-order valence-corrected chi connectivity index (χ2v) is 10.4. The Morgan fingerprint density at radius 3 is 2.50 bits per heavy atom. The molecular formula is C25H30FN3O4S. The maximum absolute atomic E-state index is 14.6. The molecule has 0 atom stereocenters. The molecule has 0 bridgehead atoms. The van der Waals surface area contributed by atoms with Gasteiger partial charge in [0.25, 0.3) is 5.91 Å². The predicted octanol–water partition coefficient (Wildman–Crippen LogP) is 4.37. The summed E-state index contributed by atoms with van der Waals surface area (Å²) in [5.41, 5.74) is 2.01. The van der Waals surface area contributed by atoms with Crippen LogP contribution in [0.5, 0.6) is 5.75 Å². The van der Waals surface area contributed by atoms with Gasteiger partial charge < -0.3 is 14.6 Å². The Labute approximate surface area is 199 Å². The fourth-order valence-corrected chi connectivity index (χ4v) is 6.18. The first-order valence-corrected chi connectivity index (χ1v) is 13.0. The van der Waals surface area contributed by atoms with Gasteiger partial charge in [-0.05, 0) is 60.7 Å². The van der Waals surface area contributed by atoms with Crippen molar-refractivity contribution >= 4 is 26.8 Å². The highest BCUT2D eigenvalue weighted by molar-refractivity contribution is 7.89. The largest absolute Gasteiger partial charge is 0.497 e. The highest BCUT2D eigenvalue weighted by atomic mass is 32.2. The Bertz CT molecular complexity index is 1290. The molecule has 1 aliphatic heterocycles. The number of aromatic amines is 1. The van der Waals surface area contributed by atoms with Crippen LogP contribution in [0.3, 0.4) is 0 Å². The molecular weight excluding hydrogens is 457 g/mol. The van der Waals surface area contributed by atoms with Crippen LogP contribution >= 0.6 is 0 Å². The Balaban J connectivity index is 1.52. The minimum Gasteiger partial charge on any atom is -0.497 e. The topological polar surface area (TPSA) is 82.7 Å². The van der Waals surface area contributed by atoms with E-state index in [1.807, 2.05) is 24.4 Å². The fraction of sp³-hybridized carbons (Fsp3) is 0.400. The van der Waals surface area contributed by atoms with E-state index in [4.69, 9.17) is 4.74 Å². The van der Waals surface area contributed by atoms with E-state index in [1.165, 1.54) is 22.0 Å². The first-order valence-electron chi connectivity index (χ1n) is 11.5. The first-order chi connectivity index (χ1) is 16.3. The molecule has 1 saturated heterocycles. The number of methoxy groups -OCH3 is 1. The summed E-state index contributed by atoms with van der Waals surface area (Å²) < 4.78 is 46.9. The van der Waals surface area contributed by atoms with Crippen LogP contribution in [-0.2, 0) is 10.0 Å². The highest BCUT2D eigenvalue weighted by Crippen LogP contribution is 2.35. The van der Waals surface area contributed by atoms with Crippen LogP contribution in [0.15, 0.2) is 47.5 Å². The number of carbonyl (C=O) groups is 1. The number of halogens is 1. The molecule has 0 saturated carbocycles. The zero-order chi connectivity index (χ0) is 24.5. The number of ether oxygens (including phenoxy) is 1. The summed E-state index contributed by atoms with van der Waals surface area (Å²) in [5.74, 6) is -0.150. The number of piperidine rings is 1. The van der Waals surface area contributed by atoms with Gasteiger partial charge in [0.15, 0.2) is 0 Å². The number of aromatic nitrogens is 1. The summed E-state index contributed by atoms with van der Waals surface area (Å²) in [5, 5.41) is 1.10. The molecule has 4 rings (SSSR count). The minimum atomic E-state index is -3.79. The van der Waals surface area contributed by atoms with Crippen LogP contribution in [0.1, 0.15) is 48.5 Å². The molecule has 34 heavy (non-hydrogen) atoms. The van der Waals surface area contributed by atoms with Gasteiger partial charge in [0.2, 0.25) is 10.0 Å². The van der Waals surface area contributed by atoms with Crippen molar-refractivity contribution in [1.82, 2.24) is 14.2 Å². The second kappa shape index (κ2) is 9.76. The number of hydrogen-bond acceptors (Lipinski definition) is 4. The number of H-pyrrole nitrogens is 1. The Morgan fingerprint density at radius 2 is 1.85 bits per heavy atom. The predicted molar refractivity (Wildman–Crippen MR) is 129 cm³/mol. The number of benzene rings is 2. The quantitative estimate of drug-likeness (QED) is 0.537. The lowest BCUT2D eigenvalue weighted by Gasteiger charge is -2.32. The molecule has 0 spiro atoms. The molecule has 1 amide bonds. The highest BCUT2D eigenvalue weighted by Gasteiger charge is 2.29. The van der Waals surface area contributed by atoms with Gasteiger partial charge in [0, 0.05) is 43.3 Å². The standard InChI is InChI=1S/C25H30FN3O4S/c1-4-29(5-2)34(31,32)19-7-8-23(26)21(15-19)25(30)28-12-10-17(11-13-28)22-16-27-24-9-6-18(33-3)14-20(22)24/h6-9,14-17,27H,4-5,10-13H2,1-3H3. The fourth-order valence-electron chi connectivity index (χ4n) is 4.69. The number of fused-ring (bicyclic) bond motifs is 1. The van der Waals surface area contributed by atoms with Crippen LogP contribution in [0.2, 0.25) is 0 Å². The van der Waals surface area contributed by atoms with Gasteiger partial charge in [-0.1, -0.05) is 13.8 Å². The van der Waals surface area contributed by atoms with Crippen molar-refractivity contribution in [3.63, 3.8) is 0 Å². The molecule has 3 aromatic rings. The van der Waals surface area contributed by atoms with Crippen molar-refractivity contribution in [2.24, 2.45) is 0 Å². The number of hydrogen-bond donors (Lipinski definition) is 1. The van der Waals surface area contributed by atoms with Gasteiger partial charge in [0.05, 0.1) is 17.6 Å². The van der Waals surface area contributed by atoms with Gasteiger partial charge in [-0.3, -0.25) is 4.79 Å². The van der Waals surface area contributed by atoms with E-state index in [9.17, 15) is 17.6 Å². The van der Waals surface area contributed by atoms with Gasteiger partial charge in [-0.2, -0.15) is 4.31 Å². The van der Waals surface area contributed by atoms with Crippen LogP contribution in [0, 0.1) is 5.82 Å². The van der Waals surface area contributed by atoms with E-state index in [2.05, 4.69) is 4.98 Å². The molecule has 0 aliphatic carbocycles. The van der Waals surface area contributed by atoms with E-state index in [0.717, 1.165) is 35.6 Å². The zero-order valence-electron chi connectivity index (χ0n) is 19.7. The summed E-state index contributed by atoms with van der Waals surface area (Å²) in [4.78, 5) is 18.0. The molecule has 9 heteroatoms. The van der Waals surface area contributed by atoms with E-state index >= 15 is 0 Å². The summed E-state index contributed by atoms with van der Waals surface area (Å²) >= 11 is 0. The molecule has 1 N–H and O–H groups in total. The molecule has 0 unspecified atom stereocenters. The Kier molecular flexibility index (Phi) is 6.95. The molecule has 182 valence electrons. The van der Waals surface area contributed by atoms with Crippen LogP contribution < -0.4 is 4.74 Å². The normalized spacial score (nSPS) is 15.3. The summed E-state index contributed by atoms with van der Waals surface area (Å²) in [6, 6.07) is 9.36. The van der Waals surface area contributed by atoms with Crippen LogP contribution in [0.25, 0.3) is 10.9 Å². The molecule has 0 radical (unpaired) electrons. The summed E-state index contributed by atoms with van der Waals surface area (Å²) in [6.07, 6.45) is 3.47. The maximum Gasteiger partial charge on any atom is 0.256 e. The average Bonchev–Trinajstić information content (AvgIpc) is 3.27. The third kappa shape index (κ3) is 4.42. The monoisotopic (exact) mass is 487 g/mol. The number of nitrogens with one attached hydrogen (secondary N) is 1. The Hall–Kier alpha value is -2.91. The van der Waals surface area contributed by atoms with E-state index in [0.29, 0.717) is 26.2 Å². The van der Waals surface area contributed by atoms with Crippen LogP contribution in [0.4, 0.5) is 4.39 Å². The van der Waals surface area contributed by atoms with E-state index < -0.39 is 21.7 Å². The first kappa shape index (κ1) is 24.2. The lowest BCUT2D eigenvalue weighted by atomic mass is 9.89. The lowest BCUT2D eigenvalue weighted by molar-refractivity contribution is 0.0708. The van der Waals surface area contributed by atoms with Crippen molar-refractivity contribution in [2.45, 2.75) is 37.5 Å². The number of rotatable bonds is 7. The zero-order valence-corrected chi connectivity index (χ0v) is 20.5. The van der Waals surface area contributed by atoms with Crippen molar-refractivity contribution in [3.05, 3.63) is 59.5 Å². The average molecular weight is 488 g/mol. The van der Waals surface area contributed by atoms with Crippen molar-refractivity contribution in [1.29, 1.82) is 0 Å². The van der Waals surface area contributed by atoms with Gasteiger partial charge in [0.1, 0.15) is 11.6 Å². The molecule has 7 nitrogen and oxygen atoms in total. The number of sulfonamides is 1. The second-order valence-electron chi connectivity index (χ2n) is 8.45. The van der Waals surface area contributed by atoms with Gasteiger partial charge in [-0.25, -0.2) is 12.8 Å². The maximum atomic E-state index is 14.6. The lowest BCUT2D eigenvalue weighted by Crippen LogP contribution is -2.38. The molecule has 2 aromatic carbocycles.